The molecule has 1 aromatic rings. The summed E-state index contributed by atoms with van der Waals surface area (Å²) in [5.74, 6) is 1.78. The number of benzene rings is 1. The Labute approximate surface area is 114 Å². The van der Waals surface area contributed by atoms with Crippen LogP contribution in [0.3, 0.4) is 0 Å². The molecule has 0 atom stereocenters. The first-order valence-electron chi connectivity index (χ1n) is 6.24. The highest BCUT2D eigenvalue weighted by atomic mass is 32.2. The summed E-state index contributed by atoms with van der Waals surface area (Å²) in [6.45, 7) is 6.86. The molecule has 0 aliphatic rings. The van der Waals surface area contributed by atoms with Gasteiger partial charge in [0.25, 0.3) is 0 Å². The maximum atomic E-state index is 12.2. The largest absolute Gasteiger partial charge is 0.385 e. The van der Waals surface area contributed by atoms with E-state index in [1.807, 2.05) is 13.8 Å². The van der Waals surface area contributed by atoms with Crippen LogP contribution in [0.2, 0.25) is 0 Å². The molecular formula is C15H22O2S. The van der Waals surface area contributed by atoms with Crippen molar-refractivity contribution < 1.29 is 9.53 Å². The molecule has 0 bridgehead atoms. The standard InChI is InChI=1S/C15H22O2S/c1-11-8-12(2)15(13(3)9-11)14(16)10-18-7-5-6-17-4/h8-9H,5-7,10H2,1-4H3. The van der Waals surface area contributed by atoms with Crippen molar-refractivity contribution in [1.82, 2.24) is 0 Å². The summed E-state index contributed by atoms with van der Waals surface area (Å²) in [5, 5.41) is 0. The average Bonchev–Trinajstić information content (AvgIpc) is 2.27. The van der Waals surface area contributed by atoms with Crippen molar-refractivity contribution in [1.29, 1.82) is 0 Å². The second kappa shape index (κ2) is 7.59. The minimum Gasteiger partial charge on any atom is -0.385 e. The Morgan fingerprint density at radius 3 is 2.39 bits per heavy atom. The second-order valence-corrected chi connectivity index (χ2v) is 5.70. The third kappa shape index (κ3) is 4.46. The van der Waals surface area contributed by atoms with Crippen molar-refractivity contribution in [3.05, 3.63) is 34.4 Å². The van der Waals surface area contributed by atoms with Gasteiger partial charge in [0, 0.05) is 19.3 Å². The van der Waals surface area contributed by atoms with Crippen LogP contribution in [0.15, 0.2) is 12.1 Å². The fourth-order valence-corrected chi connectivity index (χ4v) is 2.96. The van der Waals surface area contributed by atoms with Crippen LogP contribution in [-0.4, -0.2) is 31.0 Å². The maximum absolute atomic E-state index is 12.2. The highest BCUT2D eigenvalue weighted by Crippen LogP contribution is 2.19. The Bertz CT molecular complexity index is 390. The van der Waals surface area contributed by atoms with Gasteiger partial charge in [0.2, 0.25) is 0 Å². The van der Waals surface area contributed by atoms with Gasteiger partial charge in [0.1, 0.15) is 0 Å². The van der Waals surface area contributed by atoms with Gasteiger partial charge >= 0.3 is 0 Å². The van der Waals surface area contributed by atoms with Gasteiger partial charge in [-0.15, -0.1) is 0 Å². The minimum atomic E-state index is 0.243. The molecule has 1 rings (SSSR count). The Balaban J connectivity index is 2.57. The van der Waals surface area contributed by atoms with Gasteiger partial charge in [-0.1, -0.05) is 17.7 Å². The summed E-state index contributed by atoms with van der Waals surface area (Å²) in [6, 6.07) is 4.16. The predicted octanol–water partition coefficient (Wildman–Crippen LogP) is 3.56. The van der Waals surface area contributed by atoms with Crippen molar-refractivity contribution in [2.45, 2.75) is 27.2 Å². The molecule has 18 heavy (non-hydrogen) atoms. The van der Waals surface area contributed by atoms with E-state index < -0.39 is 0 Å². The molecule has 0 aliphatic carbocycles. The molecule has 100 valence electrons. The predicted molar refractivity (Wildman–Crippen MR) is 78.8 cm³/mol. The van der Waals surface area contributed by atoms with Crippen LogP contribution in [0.25, 0.3) is 0 Å². The molecule has 0 spiro atoms. The van der Waals surface area contributed by atoms with Crippen LogP contribution in [-0.2, 0) is 4.74 Å². The number of Topliss-reactive ketones (excluding diaryl/α,β-unsaturated/α-hetero) is 1. The van der Waals surface area contributed by atoms with Crippen LogP contribution in [0.5, 0.6) is 0 Å². The highest BCUT2D eigenvalue weighted by molar-refractivity contribution is 7.99. The Kier molecular flexibility index (Phi) is 6.44. The minimum absolute atomic E-state index is 0.243. The van der Waals surface area contributed by atoms with Gasteiger partial charge in [0.05, 0.1) is 5.75 Å². The first-order valence-corrected chi connectivity index (χ1v) is 7.39. The molecule has 0 radical (unpaired) electrons. The van der Waals surface area contributed by atoms with Crippen molar-refractivity contribution in [2.75, 3.05) is 25.2 Å². The van der Waals surface area contributed by atoms with Crippen molar-refractivity contribution in [2.24, 2.45) is 0 Å². The molecule has 0 aromatic heterocycles. The first-order chi connectivity index (χ1) is 8.56. The summed E-state index contributed by atoms with van der Waals surface area (Å²) >= 11 is 1.69. The molecule has 0 N–H and O–H groups in total. The SMILES string of the molecule is COCCCSCC(=O)c1c(C)cc(C)cc1C. The molecule has 0 saturated heterocycles. The molecule has 1 aromatic carbocycles. The Morgan fingerprint density at radius 2 is 1.83 bits per heavy atom. The number of thioether (sulfide) groups is 1. The van der Waals surface area contributed by atoms with E-state index in [2.05, 4.69) is 19.1 Å². The van der Waals surface area contributed by atoms with Crippen LogP contribution >= 0.6 is 11.8 Å². The van der Waals surface area contributed by atoms with E-state index in [4.69, 9.17) is 4.74 Å². The normalized spacial score (nSPS) is 10.7. The summed E-state index contributed by atoms with van der Waals surface area (Å²) < 4.78 is 4.99. The summed E-state index contributed by atoms with van der Waals surface area (Å²) in [4.78, 5) is 12.2. The third-order valence-electron chi connectivity index (χ3n) is 2.83. The van der Waals surface area contributed by atoms with Gasteiger partial charge < -0.3 is 4.74 Å². The zero-order valence-corrected chi connectivity index (χ0v) is 12.5. The van der Waals surface area contributed by atoms with Gasteiger partial charge in [-0.05, 0) is 44.1 Å². The Morgan fingerprint density at radius 1 is 1.22 bits per heavy atom. The van der Waals surface area contributed by atoms with Crippen molar-refractivity contribution >= 4 is 17.5 Å². The van der Waals surface area contributed by atoms with E-state index in [9.17, 15) is 4.79 Å². The molecule has 0 unspecified atom stereocenters. The zero-order chi connectivity index (χ0) is 13.5. The lowest BCUT2D eigenvalue weighted by Crippen LogP contribution is -2.08. The molecule has 0 heterocycles. The highest BCUT2D eigenvalue weighted by Gasteiger charge is 2.12. The quantitative estimate of drug-likeness (QED) is 0.557. The Hall–Kier alpha value is -0.800. The van der Waals surface area contributed by atoms with Crippen LogP contribution in [0.1, 0.15) is 33.5 Å². The van der Waals surface area contributed by atoms with Crippen LogP contribution in [0.4, 0.5) is 0 Å². The van der Waals surface area contributed by atoms with Crippen molar-refractivity contribution in [3.63, 3.8) is 0 Å². The lowest BCUT2D eigenvalue weighted by Gasteiger charge is -2.10. The first kappa shape index (κ1) is 15.3. The third-order valence-corrected chi connectivity index (χ3v) is 3.87. The number of hydrogen-bond acceptors (Lipinski definition) is 3. The van der Waals surface area contributed by atoms with E-state index in [-0.39, 0.29) is 5.78 Å². The number of methoxy groups -OCH3 is 1. The molecule has 0 aliphatic heterocycles. The molecule has 3 heteroatoms. The monoisotopic (exact) mass is 266 g/mol. The van der Waals surface area contributed by atoms with Gasteiger partial charge in [0.15, 0.2) is 5.78 Å². The second-order valence-electron chi connectivity index (χ2n) is 4.60. The number of carbonyl (C=O) groups excluding carboxylic acids is 1. The maximum Gasteiger partial charge on any atom is 0.173 e. The number of carbonyl (C=O) groups is 1. The number of aryl methyl sites for hydroxylation is 3. The summed E-state index contributed by atoms with van der Waals surface area (Å²) in [5.41, 5.74) is 4.30. The molecule has 0 amide bonds. The topological polar surface area (TPSA) is 26.3 Å². The van der Waals surface area contributed by atoms with E-state index >= 15 is 0 Å². The van der Waals surface area contributed by atoms with Gasteiger partial charge in [-0.2, -0.15) is 11.8 Å². The fraction of sp³-hybridized carbons (Fsp3) is 0.533. The van der Waals surface area contributed by atoms with Crippen molar-refractivity contribution in [3.8, 4) is 0 Å². The van der Waals surface area contributed by atoms with E-state index in [0.29, 0.717) is 5.75 Å². The van der Waals surface area contributed by atoms with Crippen LogP contribution in [0, 0.1) is 20.8 Å². The number of hydrogen-bond donors (Lipinski definition) is 0. The van der Waals surface area contributed by atoms with Gasteiger partial charge in [-0.25, -0.2) is 0 Å². The number of rotatable bonds is 7. The smallest absolute Gasteiger partial charge is 0.173 e. The lowest BCUT2D eigenvalue weighted by molar-refractivity contribution is 0.102. The summed E-state index contributed by atoms with van der Waals surface area (Å²) in [7, 11) is 1.70. The van der Waals surface area contributed by atoms with Gasteiger partial charge in [-0.3, -0.25) is 4.79 Å². The van der Waals surface area contributed by atoms with E-state index in [1.54, 1.807) is 18.9 Å². The average molecular weight is 266 g/mol. The molecule has 0 fully saturated rings. The fourth-order valence-electron chi connectivity index (χ4n) is 2.16. The van der Waals surface area contributed by atoms with E-state index in [1.165, 1.54) is 5.56 Å². The zero-order valence-electron chi connectivity index (χ0n) is 11.7. The molecular weight excluding hydrogens is 244 g/mol. The summed E-state index contributed by atoms with van der Waals surface area (Å²) in [6.07, 6.45) is 1.00. The molecule has 2 nitrogen and oxygen atoms in total. The van der Waals surface area contributed by atoms with Crippen LogP contribution < -0.4 is 0 Å². The van der Waals surface area contributed by atoms with E-state index in [0.717, 1.165) is 35.5 Å². The lowest BCUT2D eigenvalue weighted by atomic mass is 9.97. The number of ether oxygens (including phenoxy) is 1. The number of ketones is 1. The molecule has 0 saturated carbocycles.